The first-order valence-electron chi connectivity index (χ1n) is 12.1. The van der Waals surface area contributed by atoms with E-state index in [2.05, 4.69) is 26.4 Å². The molecule has 1 aliphatic heterocycles. The van der Waals surface area contributed by atoms with Crippen molar-refractivity contribution in [2.24, 2.45) is 7.05 Å². The van der Waals surface area contributed by atoms with Gasteiger partial charge in [-0.2, -0.15) is 5.10 Å². The predicted molar refractivity (Wildman–Crippen MR) is 147 cm³/mol. The predicted octanol–water partition coefficient (Wildman–Crippen LogP) is 4.95. The van der Waals surface area contributed by atoms with E-state index in [0.29, 0.717) is 18.3 Å². The first-order valence-corrected chi connectivity index (χ1v) is 12.1. The highest BCUT2D eigenvalue weighted by Gasteiger charge is 2.32. The minimum atomic E-state index is 0.0123. The zero-order valence-corrected chi connectivity index (χ0v) is 21.5. The van der Waals surface area contributed by atoms with E-state index in [0.717, 1.165) is 55.9 Å². The van der Waals surface area contributed by atoms with E-state index < -0.39 is 0 Å². The summed E-state index contributed by atoms with van der Waals surface area (Å²) in [7, 11) is 5.83. The molecule has 0 fully saturated rings. The molecule has 0 atom stereocenters. The highest BCUT2D eigenvalue weighted by molar-refractivity contribution is 6.17. The molecule has 9 heteroatoms. The smallest absolute Gasteiger partial charge is 0.261 e. The highest BCUT2D eigenvalue weighted by Crippen LogP contribution is 2.39. The minimum Gasteiger partial charge on any atom is -0.377 e. The van der Waals surface area contributed by atoms with Crippen LogP contribution < -0.4 is 15.1 Å². The second-order valence-corrected chi connectivity index (χ2v) is 9.64. The van der Waals surface area contributed by atoms with Gasteiger partial charge in [0.25, 0.3) is 5.91 Å². The number of H-pyrrole nitrogens is 1. The molecule has 4 heterocycles. The summed E-state index contributed by atoms with van der Waals surface area (Å²) in [6.45, 7) is 4.53. The van der Waals surface area contributed by atoms with Gasteiger partial charge in [0.1, 0.15) is 0 Å². The number of aromatic amines is 1. The summed E-state index contributed by atoms with van der Waals surface area (Å²) in [5, 5.41) is 8.65. The van der Waals surface area contributed by atoms with Gasteiger partial charge in [0.15, 0.2) is 5.82 Å². The lowest BCUT2D eigenvalue weighted by atomic mass is 10.1. The Kier molecular flexibility index (Phi) is 5.22. The molecular weight excluding hydrogens is 464 g/mol. The van der Waals surface area contributed by atoms with E-state index >= 15 is 0 Å². The zero-order chi connectivity index (χ0) is 25.8. The van der Waals surface area contributed by atoms with Gasteiger partial charge in [-0.05, 0) is 37.1 Å². The van der Waals surface area contributed by atoms with Gasteiger partial charge in [0.2, 0.25) is 5.95 Å². The maximum absolute atomic E-state index is 13.6. The molecule has 37 heavy (non-hydrogen) atoms. The van der Waals surface area contributed by atoms with Crippen LogP contribution in [-0.2, 0) is 13.6 Å². The molecule has 6 rings (SSSR count). The van der Waals surface area contributed by atoms with Crippen LogP contribution in [-0.4, -0.2) is 44.7 Å². The third-order valence-corrected chi connectivity index (χ3v) is 6.96. The summed E-state index contributed by atoms with van der Waals surface area (Å²) in [6, 6.07) is 14.0. The number of fused-ring (bicyclic) bond motifs is 2. The molecule has 0 saturated heterocycles. The molecule has 0 bridgehead atoms. The van der Waals surface area contributed by atoms with Crippen molar-refractivity contribution in [2.45, 2.75) is 20.4 Å². The number of carbonyl (C=O) groups is 1. The van der Waals surface area contributed by atoms with Crippen molar-refractivity contribution in [2.75, 3.05) is 29.2 Å². The fraction of sp³-hybridized carbons (Fsp3) is 0.214. The maximum atomic E-state index is 13.6. The van der Waals surface area contributed by atoms with Gasteiger partial charge < -0.3 is 20.1 Å². The quantitative estimate of drug-likeness (QED) is 0.361. The number of rotatable bonds is 5. The minimum absolute atomic E-state index is 0.0123. The van der Waals surface area contributed by atoms with Crippen LogP contribution >= 0.6 is 0 Å². The fourth-order valence-electron chi connectivity index (χ4n) is 4.98. The van der Waals surface area contributed by atoms with Gasteiger partial charge in [-0.1, -0.05) is 24.3 Å². The Morgan fingerprint density at radius 1 is 1.11 bits per heavy atom. The van der Waals surface area contributed by atoms with Crippen LogP contribution in [0, 0.1) is 13.8 Å². The van der Waals surface area contributed by atoms with Crippen LogP contribution in [0.1, 0.15) is 27.2 Å². The first kappa shape index (κ1) is 22.8. The number of aryl methyl sites for hydroxylation is 3. The number of benzene rings is 2. The number of carbonyl (C=O) groups excluding carboxylic acids is 1. The van der Waals surface area contributed by atoms with E-state index in [1.807, 2.05) is 93.6 Å². The number of nitrogens with zero attached hydrogens (tertiary/aromatic N) is 6. The van der Waals surface area contributed by atoms with Gasteiger partial charge in [0.05, 0.1) is 29.0 Å². The van der Waals surface area contributed by atoms with Gasteiger partial charge >= 0.3 is 0 Å². The number of nitrogens with one attached hydrogen (secondary N) is 2. The van der Waals surface area contributed by atoms with Crippen LogP contribution in [0.5, 0.6) is 0 Å². The maximum Gasteiger partial charge on any atom is 0.261 e. The largest absolute Gasteiger partial charge is 0.377 e. The summed E-state index contributed by atoms with van der Waals surface area (Å²) >= 11 is 0. The number of amides is 1. The van der Waals surface area contributed by atoms with Crippen molar-refractivity contribution in [1.29, 1.82) is 0 Å². The van der Waals surface area contributed by atoms with E-state index in [1.54, 1.807) is 4.68 Å². The average molecular weight is 493 g/mol. The van der Waals surface area contributed by atoms with Crippen molar-refractivity contribution in [1.82, 2.24) is 24.7 Å². The van der Waals surface area contributed by atoms with Crippen molar-refractivity contribution < 1.29 is 4.79 Å². The van der Waals surface area contributed by atoms with E-state index in [4.69, 9.17) is 4.98 Å². The van der Waals surface area contributed by atoms with Crippen LogP contribution in [0.3, 0.4) is 0 Å². The van der Waals surface area contributed by atoms with Crippen LogP contribution in [0.2, 0.25) is 0 Å². The van der Waals surface area contributed by atoms with Crippen molar-refractivity contribution >= 4 is 40.0 Å². The third kappa shape index (κ3) is 3.70. The summed E-state index contributed by atoms with van der Waals surface area (Å²) < 4.78 is 1.80. The number of anilines is 4. The Hall–Kier alpha value is -4.66. The molecule has 0 unspecified atom stereocenters. The number of aromatic nitrogens is 5. The Morgan fingerprint density at radius 2 is 1.92 bits per heavy atom. The topological polar surface area (TPSA) is 95.0 Å². The summed E-state index contributed by atoms with van der Waals surface area (Å²) in [6.07, 6.45) is 3.77. The average Bonchev–Trinajstić information content (AvgIpc) is 3.55. The molecule has 0 saturated carbocycles. The number of hydrogen-bond acceptors (Lipinski definition) is 6. The molecule has 9 nitrogen and oxygen atoms in total. The molecule has 0 aliphatic carbocycles. The Bertz CT molecular complexity index is 1660. The fourth-order valence-corrected chi connectivity index (χ4v) is 4.98. The van der Waals surface area contributed by atoms with Crippen molar-refractivity contribution in [3.8, 4) is 11.3 Å². The van der Waals surface area contributed by atoms with Gasteiger partial charge in [-0.15, -0.1) is 0 Å². The lowest BCUT2D eigenvalue weighted by Crippen LogP contribution is -2.24. The van der Waals surface area contributed by atoms with Crippen LogP contribution in [0.25, 0.3) is 22.2 Å². The van der Waals surface area contributed by atoms with Crippen LogP contribution in [0.4, 0.5) is 23.1 Å². The van der Waals surface area contributed by atoms with Gasteiger partial charge in [-0.3, -0.25) is 9.48 Å². The van der Waals surface area contributed by atoms with Gasteiger partial charge in [-0.25, -0.2) is 9.97 Å². The van der Waals surface area contributed by atoms with Gasteiger partial charge in [0, 0.05) is 61.9 Å². The molecular formula is C28H28N8O. The Balaban J connectivity index is 1.39. The van der Waals surface area contributed by atoms with Crippen LogP contribution in [0.15, 0.2) is 54.9 Å². The Morgan fingerprint density at radius 3 is 2.68 bits per heavy atom. The van der Waals surface area contributed by atoms with E-state index in [-0.39, 0.29) is 5.91 Å². The monoisotopic (exact) mass is 492 g/mol. The highest BCUT2D eigenvalue weighted by atomic mass is 16.2. The second kappa shape index (κ2) is 8.48. The number of para-hydroxylation sites is 1. The normalized spacial score (nSPS) is 12.9. The standard InChI is InChI=1S/C28H28N8O/c1-16-13-30-28(31-23-12-17(2)35(5)33-23)32-25(16)20-14-29-26-19(20)9-7-11-22(26)36-15-18-8-6-10-21(34(3)4)24(18)27(36)37/h6-14,29H,15H2,1-5H3,(H,30,31,32,33). The van der Waals surface area contributed by atoms with Crippen molar-refractivity contribution in [3.05, 3.63) is 77.2 Å². The molecule has 2 N–H and O–H groups in total. The van der Waals surface area contributed by atoms with Crippen molar-refractivity contribution in [3.63, 3.8) is 0 Å². The molecule has 1 aliphatic rings. The zero-order valence-electron chi connectivity index (χ0n) is 21.5. The summed E-state index contributed by atoms with van der Waals surface area (Å²) in [4.78, 5) is 30.1. The van der Waals surface area contributed by atoms with E-state index in [1.165, 1.54) is 0 Å². The lowest BCUT2D eigenvalue weighted by molar-refractivity contribution is 0.0997. The molecule has 0 spiro atoms. The molecule has 0 radical (unpaired) electrons. The summed E-state index contributed by atoms with van der Waals surface area (Å²) in [5.74, 6) is 1.18. The Labute approximate surface area is 214 Å². The molecule has 1 amide bonds. The second-order valence-electron chi connectivity index (χ2n) is 9.64. The number of hydrogen-bond donors (Lipinski definition) is 2. The molecule has 2 aromatic carbocycles. The third-order valence-electron chi connectivity index (χ3n) is 6.96. The molecule has 5 aromatic rings. The SMILES string of the molecule is Cc1cnc(Nc2cc(C)n(C)n2)nc1-c1c[nH]c2c(N3Cc4cccc(N(C)C)c4C3=O)cccc12. The molecule has 3 aromatic heterocycles. The van der Waals surface area contributed by atoms with E-state index in [9.17, 15) is 4.79 Å². The summed E-state index contributed by atoms with van der Waals surface area (Å²) in [5.41, 5.74) is 8.25. The lowest BCUT2D eigenvalue weighted by Gasteiger charge is -2.18. The first-order chi connectivity index (χ1) is 17.8. The molecule has 186 valence electrons.